The summed E-state index contributed by atoms with van der Waals surface area (Å²) < 4.78 is 25.4. The fraction of sp³-hybridized carbons (Fsp3) is 0.308. The number of aromatic amines is 1. The molecule has 0 atom stereocenters. The fourth-order valence-electron chi connectivity index (χ4n) is 1.76. The lowest BCUT2D eigenvalue weighted by Crippen LogP contribution is -2.07. The summed E-state index contributed by atoms with van der Waals surface area (Å²) in [5.41, 5.74) is 1.27. The Hall–Kier alpha value is -0.880. The van der Waals surface area contributed by atoms with E-state index in [0.717, 1.165) is 10.9 Å². The number of thioether (sulfide) groups is 1. The second-order valence-electron chi connectivity index (χ2n) is 4.45. The molecule has 0 aliphatic heterocycles. The highest BCUT2D eigenvalue weighted by Crippen LogP contribution is 2.35. The first-order valence-corrected chi connectivity index (χ1v) is 7.37. The first-order chi connectivity index (χ1) is 8.88. The maximum absolute atomic E-state index is 12.4. The molecule has 102 valence electrons. The van der Waals surface area contributed by atoms with Crippen molar-refractivity contribution in [2.45, 2.75) is 24.5 Å². The van der Waals surface area contributed by atoms with Crippen LogP contribution in [0.3, 0.4) is 0 Å². The van der Waals surface area contributed by atoms with Crippen molar-refractivity contribution in [2.24, 2.45) is 5.92 Å². The van der Waals surface area contributed by atoms with Crippen LogP contribution in [0.4, 0.5) is 8.78 Å². The molecule has 0 saturated heterocycles. The van der Waals surface area contributed by atoms with Gasteiger partial charge in [-0.1, -0.05) is 25.6 Å². The minimum absolute atomic E-state index is 0.00962. The van der Waals surface area contributed by atoms with Gasteiger partial charge in [-0.2, -0.15) is 8.78 Å². The maximum Gasteiger partial charge on any atom is 0.288 e. The van der Waals surface area contributed by atoms with Crippen molar-refractivity contribution in [3.8, 4) is 0 Å². The van der Waals surface area contributed by atoms with Gasteiger partial charge in [0.15, 0.2) is 5.78 Å². The van der Waals surface area contributed by atoms with E-state index in [-0.39, 0.29) is 11.7 Å². The predicted molar refractivity (Wildman–Crippen MR) is 77.0 cm³/mol. The van der Waals surface area contributed by atoms with Crippen molar-refractivity contribution in [1.82, 2.24) is 4.98 Å². The largest absolute Gasteiger partial charge is 0.352 e. The average Bonchev–Trinajstić information content (AvgIpc) is 2.70. The van der Waals surface area contributed by atoms with Crippen LogP contribution in [0.2, 0.25) is 0 Å². The molecule has 1 aromatic carbocycles. The number of Topliss-reactive ketones (excluding diaryl/α,β-unsaturated/α-hetero) is 1. The molecule has 0 aliphatic carbocycles. The average molecular weight is 348 g/mol. The molecule has 1 heterocycles. The second-order valence-corrected chi connectivity index (χ2v) is 6.34. The van der Waals surface area contributed by atoms with Crippen LogP contribution in [0.25, 0.3) is 10.9 Å². The van der Waals surface area contributed by atoms with Crippen molar-refractivity contribution >= 4 is 44.4 Å². The Labute approximate surface area is 122 Å². The summed E-state index contributed by atoms with van der Waals surface area (Å²) in [5, 5.41) is 0.760. The highest BCUT2D eigenvalue weighted by Gasteiger charge is 2.15. The molecule has 0 amide bonds. The van der Waals surface area contributed by atoms with E-state index in [1.165, 1.54) is 0 Å². The number of ketones is 1. The SMILES string of the molecule is CC(C)C(=O)c1cc2cc(SC(F)F)c(Br)cc2[nH]1. The number of benzene rings is 1. The third kappa shape index (κ3) is 3.17. The van der Waals surface area contributed by atoms with Crippen LogP contribution in [-0.2, 0) is 0 Å². The van der Waals surface area contributed by atoms with E-state index < -0.39 is 5.76 Å². The first kappa shape index (κ1) is 14.5. The summed E-state index contributed by atoms with van der Waals surface area (Å²) in [7, 11) is 0. The van der Waals surface area contributed by atoms with E-state index in [4.69, 9.17) is 0 Å². The van der Waals surface area contributed by atoms with E-state index in [0.29, 0.717) is 26.8 Å². The lowest BCUT2D eigenvalue weighted by atomic mass is 10.1. The number of carbonyl (C=O) groups is 1. The van der Waals surface area contributed by atoms with E-state index in [1.54, 1.807) is 18.2 Å². The zero-order valence-corrected chi connectivity index (χ0v) is 12.7. The van der Waals surface area contributed by atoms with E-state index in [1.807, 2.05) is 13.8 Å². The molecule has 0 spiro atoms. The molecule has 1 aromatic heterocycles. The van der Waals surface area contributed by atoms with Gasteiger partial charge in [-0.25, -0.2) is 0 Å². The van der Waals surface area contributed by atoms with Gasteiger partial charge in [0.05, 0.1) is 5.69 Å². The van der Waals surface area contributed by atoms with E-state index in [9.17, 15) is 13.6 Å². The number of halogens is 3. The van der Waals surface area contributed by atoms with Crippen LogP contribution in [0.15, 0.2) is 27.6 Å². The van der Waals surface area contributed by atoms with Crippen LogP contribution in [0.5, 0.6) is 0 Å². The van der Waals surface area contributed by atoms with Gasteiger partial charge in [0.25, 0.3) is 5.76 Å². The van der Waals surface area contributed by atoms with Crippen LogP contribution < -0.4 is 0 Å². The highest BCUT2D eigenvalue weighted by molar-refractivity contribution is 9.10. The van der Waals surface area contributed by atoms with Crippen LogP contribution >= 0.6 is 27.7 Å². The molecular formula is C13H12BrF2NOS. The van der Waals surface area contributed by atoms with Crippen LogP contribution in [-0.4, -0.2) is 16.5 Å². The number of alkyl halides is 2. The molecule has 0 unspecified atom stereocenters. The van der Waals surface area contributed by atoms with Gasteiger partial charge < -0.3 is 4.98 Å². The summed E-state index contributed by atoms with van der Waals surface area (Å²) >= 11 is 3.75. The standard InChI is InChI=1S/C13H12BrF2NOS/c1-6(2)12(18)10-3-7-4-11(19-13(15)16)8(14)5-9(7)17-10/h3-6,13,17H,1-2H3. The van der Waals surface area contributed by atoms with Crippen LogP contribution in [0.1, 0.15) is 24.3 Å². The second kappa shape index (κ2) is 5.63. The minimum Gasteiger partial charge on any atom is -0.352 e. The summed E-state index contributed by atoms with van der Waals surface area (Å²) in [6.07, 6.45) is 0. The number of hydrogen-bond donors (Lipinski definition) is 1. The van der Waals surface area contributed by atoms with Crippen molar-refractivity contribution in [3.05, 3.63) is 28.4 Å². The number of H-pyrrole nitrogens is 1. The maximum atomic E-state index is 12.4. The molecular weight excluding hydrogens is 336 g/mol. The molecule has 0 fully saturated rings. The lowest BCUT2D eigenvalue weighted by Gasteiger charge is -2.03. The molecule has 2 nitrogen and oxygen atoms in total. The Kier molecular flexibility index (Phi) is 4.30. The first-order valence-electron chi connectivity index (χ1n) is 5.69. The predicted octanol–water partition coefficient (Wildman–Crippen LogP) is 5.08. The Morgan fingerprint density at radius 1 is 1.32 bits per heavy atom. The number of carbonyl (C=O) groups excluding carboxylic acids is 1. The van der Waals surface area contributed by atoms with Gasteiger partial charge in [0.1, 0.15) is 0 Å². The normalized spacial score (nSPS) is 11.7. The molecule has 2 rings (SSSR count). The molecule has 0 radical (unpaired) electrons. The number of hydrogen-bond acceptors (Lipinski definition) is 2. The quantitative estimate of drug-likeness (QED) is 0.617. The summed E-state index contributed by atoms with van der Waals surface area (Å²) in [6.45, 7) is 3.64. The van der Waals surface area contributed by atoms with E-state index in [2.05, 4.69) is 20.9 Å². The van der Waals surface area contributed by atoms with Gasteiger partial charge in [-0.05, 0) is 34.1 Å². The zero-order valence-electron chi connectivity index (χ0n) is 10.3. The molecule has 19 heavy (non-hydrogen) atoms. The smallest absolute Gasteiger partial charge is 0.288 e. The zero-order chi connectivity index (χ0) is 14.2. The molecule has 6 heteroatoms. The Morgan fingerprint density at radius 2 is 2.00 bits per heavy atom. The minimum atomic E-state index is -2.47. The van der Waals surface area contributed by atoms with Gasteiger partial charge in [-0.15, -0.1) is 0 Å². The molecule has 0 bridgehead atoms. The molecule has 2 aromatic rings. The molecule has 0 saturated carbocycles. The fourth-order valence-corrected chi connectivity index (χ4v) is 2.95. The summed E-state index contributed by atoms with van der Waals surface area (Å²) in [4.78, 5) is 15.4. The van der Waals surface area contributed by atoms with Crippen molar-refractivity contribution in [1.29, 1.82) is 0 Å². The highest BCUT2D eigenvalue weighted by atomic mass is 79.9. The number of fused-ring (bicyclic) bond motifs is 1. The summed E-state index contributed by atoms with van der Waals surface area (Å²) in [5.74, 6) is -2.56. The van der Waals surface area contributed by atoms with E-state index >= 15 is 0 Å². The summed E-state index contributed by atoms with van der Waals surface area (Å²) in [6, 6.07) is 5.08. The molecule has 1 N–H and O–H groups in total. The van der Waals surface area contributed by atoms with Crippen molar-refractivity contribution in [3.63, 3.8) is 0 Å². The van der Waals surface area contributed by atoms with Gasteiger partial charge in [0.2, 0.25) is 0 Å². The Balaban J connectivity index is 2.46. The monoisotopic (exact) mass is 347 g/mol. The topological polar surface area (TPSA) is 32.9 Å². The van der Waals surface area contributed by atoms with Crippen molar-refractivity contribution < 1.29 is 13.6 Å². The lowest BCUT2D eigenvalue weighted by molar-refractivity contribution is 0.0935. The van der Waals surface area contributed by atoms with Crippen molar-refractivity contribution in [2.75, 3.05) is 0 Å². The third-order valence-electron chi connectivity index (χ3n) is 2.68. The van der Waals surface area contributed by atoms with Gasteiger partial charge >= 0.3 is 0 Å². The van der Waals surface area contributed by atoms with Crippen LogP contribution in [0, 0.1) is 5.92 Å². The van der Waals surface area contributed by atoms with Gasteiger partial charge in [-0.3, -0.25) is 4.79 Å². The molecule has 0 aliphatic rings. The number of aromatic nitrogens is 1. The van der Waals surface area contributed by atoms with Gasteiger partial charge in [0, 0.05) is 26.2 Å². The number of nitrogens with one attached hydrogen (secondary N) is 1. The third-order valence-corrected chi connectivity index (χ3v) is 4.37. The Bertz CT molecular complexity index is 624. The Morgan fingerprint density at radius 3 is 2.58 bits per heavy atom. The number of rotatable bonds is 4.